The van der Waals surface area contributed by atoms with Gasteiger partial charge < -0.3 is 5.11 Å². The van der Waals surface area contributed by atoms with Gasteiger partial charge in [-0.2, -0.15) is 4.31 Å². The second-order valence-electron chi connectivity index (χ2n) is 5.52. The second-order valence-corrected chi connectivity index (χ2v) is 7.34. The molecule has 6 heteroatoms. The summed E-state index contributed by atoms with van der Waals surface area (Å²) in [4.78, 5) is 11.2. The van der Waals surface area contributed by atoms with Crippen LogP contribution in [0, 0.1) is 5.41 Å². The summed E-state index contributed by atoms with van der Waals surface area (Å²) in [5.74, 6) is -0.862. The van der Waals surface area contributed by atoms with Gasteiger partial charge in [-0.1, -0.05) is 30.3 Å². The number of hydrogen-bond acceptors (Lipinski definition) is 3. The smallest absolute Gasteiger partial charge is 0.309 e. The number of sulfonamides is 1. The third-order valence-electron chi connectivity index (χ3n) is 3.93. The molecule has 0 radical (unpaired) electrons. The number of carboxylic acid groups (broad SMARTS) is 1. The summed E-state index contributed by atoms with van der Waals surface area (Å²) in [7, 11) is -3.50. The van der Waals surface area contributed by atoms with Gasteiger partial charge in [0, 0.05) is 18.5 Å². The molecule has 0 saturated carbocycles. The molecule has 1 saturated heterocycles. The summed E-state index contributed by atoms with van der Waals surface area (Å²) in [6, 6.07) is 9.19. The summed E-state index contributed by atoms with van der Waals surface area (Å²) >= 11 is 0. The largest absolute Gasteiger partial charge is 0.481 e. The Bertz CT molecular complexity index is 629. The van der Waals surface area contributed by atoms with E-state index < -0.39 is 21.4 Å². The lowest BCUT2D eigenvalue weighted by Gasteiger charge is -2.35. The van der Waals surface area contributed by atoms with Crippen LogP contribution in [-0.4, -0.2) is 36.9 Å². The lowest BCUT2D eigenvalue weighted by Crippen LogP contribution is -2.44. The van der Waals surface area contributed by atoms with Crippen LogP contribution in [0.25, 0.3) is 6.08 Å². The standard InChI is InChI=1S/C15H19NO4S/c1-15(14(17)18)8-10-16(11-9-15)21(19,20)12-7-13-5-3-2-4-6-13/h2-7,12H,8-11H2,1H3,(H,17,18). The maximum atomic E-state index is 12.2. The van der Waals surface area contributed by atoms with Gasteiger partial charge in [-0.05, 0) is 31.4 Å². The number of rotatable bonds is 4. The van der Waals surface area contributed by atoms with Crippen LogP contribution in [0.15, 0.2) is 35.7 Å². The number of benzene rings is 1. The average Bonchev–Trinajstić information content (AvgIpc) is 2.47. The van der Waals surface area contributed by atoms with Crippen molar-refractivity contribution in [2.45, 2.75) is 19.8 Å². The van der Waals surface area contributed by atoms with E-state index in [0.29, 0.717) is 12.8 Å². The maximum absolute atomic E-state index is 12.2. The third kappa shape index (κ3) is 3.71. The van der Waals surface area contributed by atoms with Crippen LogP contribution in [0.4, 0.5) is 0 Å². The Morgan fingerprint density at radius 1 is 1.24 bits per heavy atom. The predicted molar refractivity (Wildman–Crippen MR) is 80.9 cm³/mol. The first-order chi connectivity index (χ1) is 9.83. The first kappa shape index (κ1) is 15.7. The van der Waals surface area contributed by atoms with Crippen molar-refractivity contribution < 1.29 is 18.3 Å². The van der Waals surface area contributed by atoms with Crippen molar-refractivity contribution in [1.29, 1.82) is 0 Å². The molecule has 1 heterocycles. The molecular weight excluding hydrogens is 290 g/mol. The molecular formula is C15H19NO4S. The van der Waals surface area contributed by atoms with Crippen molar-refractivity contribution in [1.82, 2.24) is 4.31 Å². The number of hydrogen-bond donors (Lipinski definition) is 1. The van der Waals surface area contributed by atoms with Crippen LogP contribution in [0.5, 0.6) is 0 Å². The van der Waals surface area contributed by atoms with E-state index in [1.165, 1.54) is 9.71 Å². The molecule has 0 amide bonds. The van der Waals surface area contributed by atoms with Crippen LogP contribution in [0.2, 0.25) is 0 Å². The van der Waals surface area contributed by atoms with Crippen molar-refractivity contribution in [3.05, 3.63) is 41.3 Å². The number of carbonyl (C=O) groups is 1. The Morgan fingerprint density at radius 2 is 1.81 bits per heavy atom. The minimum absolute atomic E-state index is 0.240. The quantitative estimate of drug-likeness (QED) is 0.925. The van der Waals surface area contributed by atoms with Crippen LogP contribution >= 0.6 is 0 Å². The molecule has 21 heavy (non-hydrogen) atoms. The van der Waals surface area contributed by atoms with E-state index in [4.69, 9.17) is 5.11 Å². The van der Waals surface area contributed by atoms with E-state index in [1.54, 1.807) is 13.0 Å². The van der Waals surface area contributed by atoms with E-state index in [0.717, 1.165) is 5.56 Å². The highest BCUT2D eigenvalue weighted by Gasteiger charge is 2.39. The molecule has 1 aromatic rings. The molecule has 1 aliphatic rings. The summed E-state index contributed by atoms with van der Waals surface area (Å²) in [5, 5.41) is 10.3. The van der Waals surface area contributed by atoms with Gasteiger partial charge in [0.1, 0.15) is 0 Å². The molecule has 0 unspecified atom stereocenters. The molecule has 0 bridgehead atoms. The molecule has 1 aromatic carbocycles. The zero-order valence-corrected chi connectivity index (χ0v) is 12.7. The van der Waals surface area contributed by atoms with Crippen LogP contribution in [0.1, 0.15) is 25.3 Å². The molecule has 114 valence electrons. The number of nitrogens with zero attached hydrogens (tertiary/aromatic N) is 1. The third-order valence-corrected chi connectivity index (χ3v) is 5.50. The summed E-state index contributed by atoms with van der Waals surface area (Å²) < 4.78 is 25.8. The minimum Gasteiger partial charge on any atom is -0.481 e. The minimum atomic E-state index is -3.50. The molecule has 0 atom stereocenters. The van der Waals surface area contributed by atoms with E-state index in [-0.39, 0.29) is 13.1 Å². The highest BCUT2D eigenvalue weighted by Crippen LogP contribution is 2.32. The van der Waals surface area contributed by atoms with E-state index in [9.17, 15) is 13.2 Å². The fourth-order valence-corrected chi connectivity index (χ4v) is 3.46. The van der Waals surface area contributed by atoms with Gasteiger partial charge in [0.15, 0.2) is 0 Å². The SMILES string of the molecule is CC1(C(=O)O)CCN(S(=O)(=O)C=Cc2ccccc2)CC1. The van der Waals surface area contributed by atoms with Crippen molar-refractivity contribution in [3.63, 3.8) is 0 Å². The molecule has 2 rings (SSSR count). The van der Waals surface area contributed by atoms with Gasteiger partial charge in [0.2, 0.25) is 10.0 Å². The Morgan fingerprint density at radius 3 is 2.33 bits per heavy atom. The molecule has 0 spiro atoms. The average molecular weight is 309 g/mol. The van der Waals surface area contributed by atoms with Crippen molar-refractivity contribution in [3.8, 4) is 0 Å². The maximum Gasteiger partial charge on any atom is 0.309 e. The molecule has 5 nitrogen and oxygen atoms in total. The Labute approximate surface area is 124 Å². The van der Waals surface area contributed by atoms with Crippen molar-refractivity contribution >= 4 is 22.1 Å². The lowest BCUT2D eigenvalue weighted by molar-refractivity contribution is -0.150. The molecule has 1 aliphatic heterocycles. The number of piperidine rings is 1. The monoisotopic (exact) mass is 309 g/mol. The van der Waals surface area contributed by atoms with Gasteiger partial charge >= 0.3 is 5.97 Å². The Hall–Kier alpha value is -1.66. The second kappa shape index (κ2) is 5.99. The molecule has 1 N–H and O–H groups in total. The van der Waals surface area contributed by atoms with E-state index >= 15 is 0 Å². The van der Waals surface area contributed by atoms with E-state index in [2.05, 4.69) is 0 Å². The topological polar surface area (TPSA) is 74.7 Å². The van der Waals surface area contributed by atoms with Crippen molar-refractivity contribution in [2.24, 2.45) is 5.41 Å². The van der Waals surface area contributed by atoms with Gasteiger partial charge in [0.05, 0.1) is 5.41 Å². The van der Waals surface area contributed by atoms with Gasteiger partial charge in [-0.15, -0.1) is 0 Å². The van der Waals surface area contributed by atoms with Gasteiger partial charge in [0.25, 0.3) is 0 Å². The van der Waals surface area contributed by atoms with Crippen LogP contribution < -0.4 is 0 Å². The van der Waals surface area contributed by atoms with E-state index in [1.807, 2.05) is 30.3 Å². The molecule has 0 aliphatic carbocycles. The number of carboxylic acids is 1. The fourth-order valence-electron chi connectivity index (χ4n) is 2.26. The first-order valence-electron chi connectivity index (χ1n) is 6.80. The predicted octanol–water partition coefficient (Wildman–Crippen LogP) is 2.17. The highest BCUT2D eigenvalue weighted by molar-refractivity contribution is 7.92. The van der Waals surface area contributed by atoms with Gasteiger partial charge in [-0.25, -0.2) is 8.42 Å². The van der Waals surface area contributed by atoms with Crippen LogP contribution in [-0.2, 0) is 14.8 Å². The lowest BCUT2D eigenvalue weighted by atomic mass is 9.81. The molecule has 0 aromatic heterocycles. The highest BCUT2D eigenvalue weighted by atomic mass is 32.2. The Kier molecular flexibility index (Phi) is 4.49. The first-order valence-corrected chi connectivity index (χ1v) is 8.30. The summed E-state index contributed by atoms with van der Waals surface area (Å²) in [6.45, 7) is 2.15. The number of aliphatic carboxylic acids is 1. The normalized spacial score (nSPS) is 19.7. The molecule has 1 fully saturated rings. The fraction of sp³-hybridized carbons (Fsp3) is 0.400. The zero-order valence-electron chi connectivity index (χ0n) is 11.9. The van der Waals surface area contributed by atoms with Crippen LogP contribution in [0.3, 0.4) is 0 Å². The van der Waals surface area contributed by atoms with Gasteiger partial charge in [-0.3, -0.25) is 4.79 Å². The summed E-state index contributed by atoms with van der Waals surface area (Å²) in [5.41, 5.74) is -0.0109. The van der Waals surface area contributed by atoms with Crippen molar-refractivity contribution in [2.75, 3.05) is 13.1 Å². The zero-order chi connectivity index (χ0) is 15.5. The summed E-state index contributed by atoms with van der Waals surface area (Å²) in [6.07, 6.45) is 2.22. The Balaban J connectivity index is 2.05.